The van der Waals surface area contributed by atoms with Crippen LogP contribution in [0.4, 0.5) is 5.69 Å². The van der Waals surface area contributed by atoms with Crippen molar-refractivity contribution < 1.29 is 23.7 Å². The molecule has 0 saturated carbocycles. The second-order valence-corrected chi connectivity index (χ2v) is 14.7. The third-order valence-corrected chi connectivity index (χ3v) is 11.6. The summed E-state index contributed by atoms with van der Waals surface area (Å²) < 4.78 is 25.3. The zero-order valence-electron chi connectivity index (χ0n) is 29.5. The number of para-hydroxylation sites is 1. The Morgan fingerprint density at radius 1 is 1.02 bits per heavy atom. The first-order chi connectivity index (χ1) is 24.4. The maximum atomic E-state index is 13.1. The molecule has 1 amide bonds. The van der Waals surface area contributed by atoms with Gasteiger partial charge in [-0.05, 0) is 82.0 Å². The Labute approximate surface area is 299 Å². The molecule has 0 bridgehead atoms. The van der Waals surface area contributed by atoms with Crippen molar-refractivity contribution >= 4 is 39.4 Å². The normalized spacial score (nSPS) is 23.0. The molecule has 3 aliphatic heterocycles. The number of amides is 1. The number of thiazole rings is 1. The summed E-state index contributed by atoms with van der Waals surface area (Å²) in [6.07, 6.45) is 14.0. The quantitative estimate of drug-likeness (QED) is 0.175. The van der Waals surface area contributed by atoms with Crippen molar-refractivity contribution in [2.45, 2.75) is 63.2 Å². The van der Waals surface area contributed by atoms with E-state index in [4.69, 9.17) is 23.9 Å². The summed E-state index contributed by atoms with van der Waals surface area (Å²) in [5.41, 5.74) is 1.72. The minimum Gasteiger partial charge on any atom is -0.493 e. The minimum atomic E-state index is -0.544. The molecule has 2 aromatic carbocycles. The molecule has 50 heavy (non-hydrogen) atoms. The number of hydrogen-bond acceptors (Lipinski definition) is 10. The molecule has 3 atom stereocenters. The number of unbranched alkanes of at least 4 members (excludes halogenated alkanes) is 1. The Kier molecular flexibility index (Phi) is 10.8. The average Bonchev–Trinajstić information content (AvgIpc) is 3.79. The fourth-order valence-electron chi connectivity index (χ4n) is 7.27. The average molecular weight is 700 g/mol. The monoisotopic (exact) mass is 699 g/mol. The molecule has 3 aromatic rings. The van der Waals surface area contributed by atoms with Crippen molar-refractivity contribution in [3.8, 4) is 11.5 Å². The van der Waals surface area contributed by atoms with E-state index in [0.29, 0.717) is 35.8 Å². The summed E-state index contributed by atoms with van der Waals surface area (Å²) >= 11 is 1.69. The van der Waals surface area contributed by atoms with E-state index in [1.807, 2.05) is 35.4 Å². The van der Waals surface area contributed by atoms with E-state index < -0.39 is 5.60 Å². The van der Waals surface area contributed by atoms with Crippen LogP contribution in [-0.4, -0.2) is 111 Å². The summed E-state index contributed by atoms with van der Waals surface area (Å²) in [5, 5.41) is 0.977. The summed E-state index contributed by atoms with van der Waals surface area (Å²) in [7, 11) is 3.38. The minimum absolute atomic E-state index is 0.0265. The number of nitrogens with zero attached hydrogens (tertiary/aromatic N) is 5. The van der Waals surface area contributed by atoms with Crippen molar-refractivity contribution in [2.75, 3.05) is 66.6 Å². The van der Waals surface area contributed by atoms with Gasteiger partial charge in [0.25, 0.3) is 5.91 Å². The molecule has 1 aliphatic carbocycles. The highest BCUT2D eigenvalue weighted by Gasteiger charge is 2.35. The van der Waals surface area contributed by atoms with E-state index in [0.717, 1.165) is 94.2 Å². The van der Waals surface area contributed by atoms with Gasteiger partial charge in [0.05, 0.1) is 47.3 Å². The Morgan fingerprint density at radius 2 is 1.84 bits per heavy atom. The van der Waals surface area contributed by atoms with Crippen LogP contribution >= 0.6 is 11.3 Å². The van der Waals surface area contributed by atoms with Gasteiger partial charge < -0.3 is 33.6 Å². The van der Waals surface area contributed by atoms with Gasteiger partial charge in [0.2, 0.25) is 0 Å². The molecule has 0 radical (unpaired) electrons. The van der Waals surface area contributed by atoms with Crippen LogP contribution in [0.15, 0.2) is 65.4 Å². The number of carbonyl (C=O) groups excluding carboxylic acids is 1. The number of methoxy groups -OCH3 is 2. The van der Waals surface area contributed by atoms with Gasteiger partial charge in [0.1, 0.15) is 16.4 Å². The number of piperazine rings is 1. The molecule has 0 N–H and O–H groups in total. The van der Waals surface area contributed by atoms with Crippen molar-refractivity contribution in [1.29, 1.82) is 0 Å². The molecule has 2 unspecified atom stereocenters. The van der Waals surface area contributed by atoms with Crippen LogP contribution in [0, 0.1) is 0 Å². The number of allylic oxidation sites excluding steroid dienone is 1. The van der Waals surface area contributed by atoms with E-state index >= 15 is 0 Å². The van der Waals surface area contributed by atoms with Gasteiger partial charge in [-0.25, -0.2) is 4.98 Å². The number of benzene rings is 2. The van der Waals surface area contributed by atoms with Crippen LogP contribution in [0.1, 0.15) is 60.8 Å². The summed E-state index contributed by atoms with van der Waals surface area (Å²) in [5.74, 6) is 2.16. The molecule has 2 saturated heterocycles. The number of fused-ring (bicyclic) bond motifs is 3. The van der Waals surface area contributed by atoms with Crippen molar-refractivity contribution in [3.63, 3.8) is 0 Å². The molecular formula is C39H49N5O5S. The predicted octanol–water partition coefficient (Wildman–Crippen LogP) is 6.58. The third-order valence-electron chi connectivity index (χ3n) is 10.4. The molecule has 11 heteroatoms. The fourth-order valence-corrected chi connectivity index (χ4v) is 8.40. The van der Waals surface area contributed by atoms with Crippen LogP contribution in [0.3, 0.4) is 0 Å². The fraction of sp³-hybridized carbons (Fsp3) is 0.513. The molecule has 7 rings (SSSR count). The lowest BCUT2D eigenvalue weighted by molar-refractivity contribution is 0.0263. The number of carbonyl (C=O) groups is 1. The molecule has 1 aromatic heterocycles. The SMILES string of the molecule is COc1cc2c(cc1OCCCCN1CCN(CCC(C)OC3=CCC(OC)(c4nc5ccccc5s4)C=C3)CC1)N=C[C@@H]1CCCN1C2=O. The van der Waals surface area contributed by atoms with Crippen LogP contribution in [0.2, 0.25) is 0 Å². The lowest BCUT2D eigenvalue weighted by Crippen LogP contribution is -2.47. The molecule has 4 heterocycles. The molecular weight excluding hydrogens is 651 g/mol. The van der Waals surface area contributed by atoms with Gasteiger partial charge in [-0.1, -0.05) is 12.1 Å². The second kappa shape index (κ2) is 15.6. The van der Waals surface area contributed by atoms with Gasteiger partial charge in [-0.3, -0.25) is 9.79 Å². The lowest BCUT2D eigenvalue weighted by Gasteiger charge is -2.35. The first kappa shape index (κ1) is 34.7. The maximum absolute atomic E-state index is 13.1. The number of aliphatic imine (C=N–C) groups is 1. The molecule has 0 spiro atoms. The Bertz CT molecular complexity index is 1710. The van der Waals surface area contributed by atoms with E-state index in [-0.39, 0.29) is 18.1 Å². The Morgan fingerprint density at radius 3 is 2.60 bits per heavy atom. The number of aromatic nitrogens is 1. The maximum Gasteiger partial charge on any atom is 0.256 e. The third kappa shape index (κ3) is 7.61. The van der Waals surface area contributed by atoms with Crippen LogP contribution < -0.4 is 9.47 Å². The molecule has 2 fully saturated rings. The highest BCUT2D eigenvalue weighted by atomic mass is 32.1. The summed E-state index contributed by atoms with van der Waals surface area (Å²) in [6.45, 7) is 9.95. The first-order valence-electron chi connectivity index (χ1n) is 18.1. The number of rotatable bonds is 14. The Hall–Kier alpha value is -3.77. The van der Waals surface area contributed by atoms with Gasteiger partial charge in [-0.2, -0.15) is 0 Å². The lowest BCUT2D eigenvalue weighted by atomic mass is 9.95. The molecule has 266 valence electrons. The van der Waals surface area contributed by atoms with Crippen molar-refractivity contribution in [3.05, 3.63) is 71.0 Å². The molecule has 4 aliphatic rings. The van der Waals surface area contributed by atoms with Crippen LogP contribution in [0.5, 0.6) is 11.5 Å². The second-order valence-electron chi connectivity index (χ2n) is 13.7. The van der Waals surface area contributed by atoms with Crippen molar-refractivity contribution in [2.24, 2.45) is 4.99 Å². The topological polar surface area (TPSA) is 89.0 Å². The summed E-state index contributed by atoms with van der Waals surface area (Å²) in [6, 6.07) is 12.0. The zero-order chi connectivity index (χ0) is 34.5. The predicted molar refractivity (Wildman–Crippen MR) is 198 cm³/mol. The van der Waals surface area contributed by atoms with Gasteiger partial charge >= 0.3 is 0 Å². The van der Waals surface area contributed by atoms with E-state index in [1.54, 1.807) is 31.6 Å². The van der Waals surface area contributed by atoms with Crippen LogP contribution in [0.25, 0.3) is 10.2 Å². The van der Waals surface area contributed by atoms with Gasteiger partial charge in [-0.15, -0.1) is 11.3 Å². The van der Waals surface area contributed by atoms with Gasteiger partial charge in [0, 0.05) is 65.1 Å². The molecule has 10 nitrogen and oxygen atoms in total. The summed E-state index contributed by atoms with van der Waals surface area (Å²) in [4.78, 5) is 29.6. The standard InChI is InChI=1S/C39H49N5O5S/c1-28(49-30-12-15-39(47-3,16-13-30)38-41-32-10-4-5-11-36(32)50-38)14-19-43-22-20-42(21-23-43)17-6-7-24-48-35-26-33-31(25-34(35)46-2)37(45)44-18-8-9-29(44)27-40-33/h4-5,10-13,15,25-29H,6-9,14,16-24H2,1-3H3/t28?,29-,39?/m0/s1. The smallest absolute Gasteiger partial charge is 0.256 e. The highest BCUT2D eigenvalue weighted by molar-refractivity contribution is 7.18. The highest BCUT2D eigenvalue weighted by Crippen LogP contribution is 2.40. The van der Waals surface area contributed by atoms with Crippen LogP contribution in [-0.2, 0) is 15.1 Å². The zero-order valence-corrected chi connectivity index (χ0v) is 30.3. The first-order valence-corrected chi connectivity index (χ1v) is 18.9. The number of ether oxygens (including phenoxy) is 4. The van der Waals surface area contributed by atoms with Gasteiger partial charge in [0.15, 0.2) is 11.5 Å². The number of hydrogen-bond donors (Lipinski definition) is 0. The van der Waals surface area contributed by atoms with Crippen molar-refractivity contribution in [1.82, 2.24) is 19.7 Å². The largest absolute Gasteiger partial charge is 0.493 e. The van der Waals surface area contributed by atoms with E-state index in [9.17, 15) is 4.79 Å². The van der Waals surface area contributed by atoms with E-state index in [1.165, 1.54) is 4.70 Å². The van der Waals surface area contributed by atoms with E-state index in [2.05, 4.69) is 46.0 Å². The Balaban J connectivity index is 0.795.